The van der Waals surface area contributed by atoms with Gasteiger partial charge in [-0.3, -0.25) is 27.8 Å². The third kappa shape index (κ3) is 15.5. The maximum Gasteiger partial charge on any atom is 0.411 e. The zero-order valence-corrected chi connectivity index (χ0v) is 56.5. The van der Waals surface area contributed by atoms with Crippen molar-refractivity contribution in [2.24, 2.45) is 0 Å². The van der Waals surface area contributed by atoms with E-state index >= 15 is 26.3 Å². The van der Waals surface area contributed by atoms with Crippen LogP contribution in [0.15, 0.2) is 189 Å². The number of benzene rings is 8. The van der Waals surface area contributed by atoms with Crippen LogP contribution in [0.1, 0.15) is 142 Å². The van der Waals surface area contributed by atoms with Crippen LogP contribution in [0.25, 0.3) is 11.1 Å². The number of rotatable bonds is 25. The van der Waals surface area contributed by atoms with E-state index in [1.54, 1.807) is 98.7 Å². The maximum atomic E-state index is 15.0. The molecule has 8 rings (SSSR count). The third-order valence-electron chi connectivity index (χ3n) is 17.3. The summed E-state index contributed by atoms with van der Waals surface area (Å²) in [6.07, 6.45) is -11.1. The average molecular weight is 1430 g/mol. The van der Waals surface area contributed by atoms with Gasteiger partial charge in [0.2, 0.25) is 5.41 Å². The summed E-state index contributed by atoms with van der Waals surface area (Å²) in [6.45, 7) is 15.4. The fraction of sp³-hybridized carbons (Fsp3) is 0.275. The molecule has 18 nitrogen and oxygen atoms in total. The number of ether oxygens (including phenoxy) is 4. The second kappa shape index (κ2) is 27.1. The van der Waals surface area contributed by atoms with Crippen molar-refractivity contribution in [3.63, 3.8) is 0 Å². The first-order valence-corrected chi connectivity index (χ1v) is 35.4. The molecule has 0 saturated heterocycles. The molecule has 2 unspecified atom stereocenters. The first-order chi connectivity index (χ1) is 44.8. The van der Waals surface area contributed by atoms with Crippen molar-refractivity contribution in [3.8, 4) is 45.6 Å². The number of alkyl halides is 6. The Morgan fingerprint density at radius 3 is 1.11 bits per heavy atom. The zero-order chi connectivity index (χ0) is 72.0. The number of carbonyl (C=O) groups excluding carboxylic acids is 2. The lowest BCUT2D eigenvalue weighted by Crippen LogP contribution is -2.54. The van der Waals surface area contributed by atoms with Crippen molar-refractivity contribution in [1.29, 1.82) is 0 Å². The minimum atomic E-state index is -5.97. The molecule has 0 heterocycles. The first kappa shape index (κ1) is 74.3. The quantitative estimate of drug-likeness (QED) is 0.0235. The molecule has 97 heavy (non-hydrogen) atoms. The van der Waals surface area contributed by atoms with E-state index in [-0.39, 0.29) is 58.3 Å². The molecule has 516 valence electrons. The summed E-state index contributed by atoms with van der Waals surface area (Å²) >= 11 is 0. The molecule has 4 N–H and O–H groups in total. The SMILES string of the molecule is CCC(C)(C)Oc1ccc(C(c2ccc(Oc3ccc(C(=O)c4ccc(C(C)(CC)C(C)(CC)Oc5ccc(-c6ccc(Oc7ccc(C(=O)c8ccc(C(C)C)c(S(=O)(=O)O)c8)cc7S(=O)(=O)O)cc6)cc5)c(S(=O)(=O)O)c4)cc3S(=O)(=O)O)cc2)(C(F)(F)F)C(F)(F)F)cc1. The Morgan fingerprint density at radius 1 is 0.412 bits per heavy atom. The Morgan fingerprint density at radius 2 is 0.753 bits per heavy atom. The maximum absolute atomic E-state index is 15.0. The van der Waals surface area contributed by atoms with Gasteiger partial charge in [-0.05, 0) is 176 Å². The summed E-state index contributed by atoms with van der Waals surface area (Å²) in [5, 5.41) is 0. The van der Waals surface area contributed by atoms with Crippen LogP contribution in [0.3, 0.4) is 0 Å². The van der Waals surface area contributed by atoms with Gasteiger partial charge in [0.1, 0.15) is 55.5 Å². The molecule has 0 aliphatic carbocycles. The third-order valence-corrected chi connectivity index (χ3v) is 20.9. The molecular weight excluding hydrogens is 1360 g/mol. The van der Waals surface area contributed by atoms with Crippen molar-refractivity contribution in [2.45, 2.75) is 141 Å². The van der Waals surface area contributed by atoms with Crippen LogP contribution in [0, 0.1) is 0 Å². The highest BCUT2D eigenvalue weighted by Gasteiger charge is 2.72. The fourth-order valence-corrected chi connectivity index (χ4v) is 14.2. The molecule has 0 aromatic heterocycles. The molecule has 8 aromatic carbocycles. The molecule has 0 aliphatic heterocycles. The monoisotopic (exact) mass is 1420 g/mol. The lowest BCUT2D eigenvalue weighted by molar-refractivity contribution is -0.288. The molecule has 8 aromatic rings. The second-order valence-corrected chi connectivity index (χ2v) is 29.7. The Hall–Kier alpha value is -8.48. The van der Waals surface area contributed by atoms with Gasteiger partial charge in [0.25, 0.3) is 40.5 Å². The molecule has 0 spiro atoms. The molecule has 0 fully saturated rings. The number of ketones is 2. The van der Waals surface area contributed by atoms with Crippen LogP contribution < -0.4 is 18.9 Å². The summed E-state index contributed by atoms with van der Waals surface area (Å²) in [6, 6.07) is 31.4. The molecule has 0 bridgehead atoms. The lowest BCUT2D eigenvalue weighted by Gasteiger charge is -2.46. The van der Waals surface area contributed by atoms with E-state index < -0.39 is 140 Å². The summed E-state index contributed by atoms with van der Waals surface area (Å²) in [5.74, 6) is -3.38. The van der Waals surface area contributed by atoms with Crippen LogP contribution in [-0.4, -0.2) is 87.0 Å². The van der Waals surface area contributed by atoms with Crippen LogP contribution in [0.5, 0.6) is 34.5 Å². The van der Waals surface area contributed by atoms with Crippen molar-refractivity contribution >= 4 is 52.0 Å². The normalized spacial score (nSPS) is 14.1. The molecule has 0 radical (unpaired) electrons. The zero-order valence-electron chi connectivity index (χ0n) is 53.3. The standard InChI is InChI=1S/C69H66F6O18S4/c1-10-64(6,7)92-52-31-23-49(24-32-52)67(68(70,71)72,69(73,74)75)48-21-29-51(30-22-48)91-57-36-20-47(40-61(57)97(87,88)89)63(77)45-18-34-55(59(38-45)95(81,82)83)65(8,11-2)66(9,12-3)93-53-27-15-43(16-28-53)42-13-25-50(26-14-42)90-56-35-19-46(39-60(56)96(84,85)86)62(76)44-17-33-54(41(4)5)58(37-44)94(78,79)80/h13-41H,10-12H2,1-9H3,(H,78,79,80)(H,81,82,83)(H,84,85,86)(H,87,88,89). The fourth-order valence-electron chi connectivity index (χ4n) is 11.2. The van der Waals surface area contributed by atoms with E-state index in [0.29, 0.717) is 65.8 Å². The van der Waals surface area contributed by atoms with Crippen LogP contribution in [-0.2, 0) is 51.3 Å². The van der Waals surface area contributed by atoms with Crippen LogP contribution >= 0.6 is 0 Å². The van der Waals surface area contributed by atoms with Crippen molar-refractivity contribution in [3.05, 3.63) is 214 Å². The summed E-state index contributed by atoms with van der Waals surface area (Å²) in [4.78, 5) is 24.7. The highest BCUT2D eigenvalue weighted by atomic mass is 32.2. The molecule has 28 heteroatoms. The summed E-state index contributed by atoms with van der Waals surface area (Å²) in [5.41, 5.74) is -10.3. The largest absolute Gasteiger partial charge is 0.488 e. The van der Waals surface area contributed by atoms with Gasteiger partial charge < -0.3 is 18.9 Å². The molecule has 0 aliphatic rings. The van der Waals surface area contributed by atoms with Gasteiger partial charge >= 0.3 is 12.4 Å². The Kier molecular flexibility index (Phi) is 20.8. The Bertz CT molecular complexity index is 4780. The number of hydrogen-bond acceptors (Lipinski definition) is 14. The van der Waals surface area contributed by atoms with Crippen molar-refractivity contribution in [1.82, 2.24) is 0 Å². The van der Waals surface area contributed by atoms with E-state index in [0.717, 1.165) is 48.5 Å². The average Bonchev–Trinajstić information content (AvgIpc) is 0.723. The number of hydrogen-bond donors (Lipinski definition) is 4. The van der Waals surface area contributed by atoms with E-state index in [9.17, 15) is 61.5 Å². The van der Waals surface area contributed by atoms with Gasteiger partial charge in [0.05, 0.1) is 9.79 Å². The lowest BCUT2D eigenvalue weighted by atomic mass is 9.66. The molecule has 2 atom stereocenters. The summed E-state index contributed by atoms with van der Waals surface area (Å²) < 4.78 is 257. The van der Waals surface area contributed by atoms with Crippen molar-refractivity contribution in [2.75, 3.05) is 0 Å². The Labute approximate surface area is 557 Å². The topological polar surface area (TPSA) is 289 Å². The highest BCUT2D eigenvalue weighted by Crippen LogP contribution is 2.57. The molecular formula is C69H66F6O18S4. The van der Waals surface area contributed by atoms with Gasteiger partial charge in [0, 0.05) is 27.7 Å². The van der Waals surface area contributed by atoms with Gasteiger partial charge in [-0.2, -0.15) is 60.0 Å². The first-order valence-electron chi connectivity index (χ1n) is 29.7. The van der Waals surface area contributed by atoms with Crippen LogP contribution in [0.4, 0.5) is 26.3 Å². The predicted octanol–water partition coefficient (Wildman–Crippen LogP) is 16.4. The van der Waals surface area contributed by atoms with Gasteiger partial charge in [0.15, 0.2) is 11.6 Å². The highest BCUT2D eigenvalue weighted by molar-refractivity contribution is 7.86. The Balaban J connectivity index is 1.01. The second-order valence-electron chi connectivity index (χ2n) is 24.1. The van der Waals surface area contributed by atoms with Gasteiger partial charge in [-0.25, -0.2) is 0 Å². The van der Waals surface area contributed by atoms with Gasteiger partial charge in [-0.1, -0.05) is 114 Å². The van der Waals surface area contributed by atoms with E-state index in [1.165, 1.54) is 42.5 Å². The summed E-state index contributed by atoms with van der Waals surface area (Å²) in [7, 11) is -20.3. The molecule has 0 amide bonds. The smallest absolute Gasteiger partial charge is 0.411 e. The van der Waals surface area contributed by atoms with Crippen LogP contribution in [0.2, 0.25) is 0 Å². The molecule has 0 saturated carbocycles. The predicted molar refractivity (Wildman–Crippen MR) is 346 cm³/mol. The van der Waals surface area contributed by atoms with E-state index in [4.69, 9.17) is 18.9 Å². The van der Waals surface area contributed by atoms with E-state index in [2.05, 4.69) is 0 Å². The minimum absolute atomic E-state index is 0.00448. The number of carbonyl (C=O) groups is 2. The minimum Gasteiger partial charge on any atom is -0.488 e. The van der Waals surface area contributed by atoms with Gasteiger partial charge in [-0.15, -0.1) is 0 Å². The number of halogens is 6. The van der Waals surface area contributed by atoms with E-state index in [1.807, 2.05) is 0 Å². The van der Waals surface area contributed by atoms with Crippen molar-refractivity contribution < 1.29 is 107 Å².